The van der Waals surface area contributed by atoms with Crippen molar-refractivity contribution in [2.45, 2.75) is 12.8 Å². The summed E-state index contributed by atoms with van der Waals surface area (Å²) in [5.74, 6) is 0. The van der Waals surface area contributed by atoms with Crippen molar-refractivity contribution in [3.63, 3.8) is 0 Å². The van der Waals surface area contributed by atoms with Crippen molar-refractivity contribution in [3.8, 4) is 0 Å². The van der Waals surface area contributed by atoms with Crippen molar-refractivity contribution in [1.82, 2.24) is 4.98 Å². The van der Waals surface area contributed by atoms with Gasteiger partial charge in [0.25, 0.3) is 0 Å². The summed E-state index contributed by atoms with van der Waals surface area (Å²) in [6, 6.07) is 14.3. The Morgan fingerprint density at radius 2 is 1.79 bits per heavy atom. The van der Waals surface area contributed by atoms with Crippen LogP contribution in [-0.2, 0) is 6.42 Å². The largest absolute Gasteiger partial charge is 0.398 e. The molecule has 3 heteroatoms. The molecule has 96 valence electrons. The van der Waals surface area contributed by atoms with Crippen molar-refractivity contribution >= 4 is 43.4 Å². The van der Waals surface area contributed by atoms with Crippen molar-refractivity contribution in [3.05, 3.63) is 48.0 Å². The summed E-state index contributed by atoms with van der Waals surface area (Å²) in [5.41, 5.74) is 10.3. The van der Waals surface area contributed by atoms with Gasteiger partial charge >= 0.3 is 0 Å². The normalized spacial score (nSPS) is 11.2. The summed E-state index contributed by atoms with van der Waals surface area (Å²) < 4.78 is 0. The van der Waals surface area contributed by atoms with Crippen LogP contribution in [0, 0.1) is 0 Å². The number of alkyl halides is 1. The van der Waals surface area contributed by atoms with E-state index < -0.39 is 0 Å². The first kappa shape index (κ1) is 12.4. The summed E-state index contributed by atoms with van der Waals surface area (Å²) in [5, 5.41) is 3.33. The molecule has 0 saturated carbocycles. The maximum absolute atomic E-state index is 6.17. The van der Waals surface area contributed by atoms with Gasteiger partial charge in [0.05, 0.1) is 11.0 Å². The molecule has 0 spiro atoms. The lowest BCUT2D eigenvalue weighted by atomic mass is 9.98. The number of aryl methyl sites for hydroxylation is 1. The Morgan fingerprint density at radius 1 is 1.00 bits per heavy atom. The molecule has 19 heavy (non-hydrogen) atoms. The molecule has 0 aliphatic heterocycles. The summed E-state index contributed by atoms with van der Waals surface area (Å²) in [7, 11) is 0. The Labute approximate surface area is 120 Å². The van der Waals surface area contributed by atoms with Gasteiger partial charge in [0.15, 0.2) is 0 Å². The van der Waals surface area contributed by atoms with Crippen LogP contribution in [0.2, 0.25) is 0 Å². The minimum absolute atomic E-state index is 0.820. The number of aromatic nitrogens is 1. The monoisotopic (exact) mass is 314 g/mol. The van der Waals surface area contributed by atoms with Crippen LogP contribution >= 0.6 is 15.9 Å². The molecule has 2 aromatic carbocycles. The third-order valence-electron chi connectivity index (χ3n) is 3.41. The number of para-hydroxylation sites is 1. The molecule has 2 N–H and O–H groups in total. The number of hydrogen-bond donors (Lipinski definition) is 1. The first-order valence-corrected chi connectivity index (χ1v) is 7.55. The predicted molar refractivity (Wildman–Crippen MR) is 85.8 cm³/mol. The molecule has 0 fully saturated rings. The number of pyridine rings is 1. The number of benzene rings is 2. The summed E-state index contributed by atoms with van der Waals surface area (Å²) in [4.78, 5) is 4.72. The Kier molecular flexibility index (Phi) is 3.38. The maximum atomic E-state index is 6.17. The highest BCUT2D eigenvalue weighted by molar-refractivity contribution is 9.09. The van der Waals surface area contributed by atoms with Crippen LogP contribution < -0.4 is 5.73 Å². The van der Waals surface area contributed by atoms with E-state index in [9.17, 15) is 0 Å². The first-order valence-electron chi connectivity index (χ1n) is 6.43. The zero-order valence-electron chi connectivity index (χ0n) is 10.6. The second-order valence-electron chi connectivity index (χ2n) is 4.64. The zero-order valence-corrected chi connectivity index (χ0v) is 12.2. The predicted octanol–water partition coefficient (Wildman–Crippen LogP) is 4.30. The van der Waals surface area contributed by atoms with Gasteiger partial charge in [0.2, 0.25) is 0 Å². The molecular weight excluding hydrogens is 300 g/mol. The van der Waals surface area contributed by atoms with Crippen molar-refractivity contribution in [2.75, 3.05) is 11.1 Å². The fourth-order valence-electron chi connectivity index (χ4n) is 2.57. The number of nitrogens with zero attached hydrogens (tertiary/aromatic N) is 1. The number of nitrogens with two attached hydrogens (primary N) is 1. The lowest BCUT2D eigenvalue weighted by Gasteiger charge is -2.12. The molecule has 3 rings (SSSR count). The summed E-state index contributed by atoms with van der Waals surface area (Å²) in [6.45, 7) is 0. The minimum Gasteiger partial charge on any atom is -0.398 e. The van der Waals surface area contributed by atoms with Gasteiger partial charge < -0.3 is 5.73 Å². The number of fused-ring (bicyclic) bond motifs is 2. The van der Waals surface area contributed by atoms with Gasteiger partial charge in [0, 0.05) is 21.8 Å². The molecule has 1 heterocycles. The highest BCUT2D eigenvalue weighted by atomic mass is 79.9. The van der Waals surface area contributed by atoms with Gasteiger partial charge in [-0.15, -0.1) is 0 Å². The molecule has 0 aliphatic rings. The van der Waals surface area contributed by atoms with Crippen molar-refractivity contribution < 1.29 is 0 Å². The molecule has 0 radical (unpaired) electrons. The van der Waals surface area contributed by atoms with Crippen LogP contribution in [0.25, 0.3) is 21.8 Å². The van der Waals surface area contributed by atoms with E-state index in [4.69, 9.17) is 10.7 Å². The third kappa shape index (κ3) is 2.19. The van der Waals surface area contributed by atoms with Gasteiger partial charge in [-0.3, -0.25) is 0 Å². The molecule has 0 bridgehead atoms. The molecule has 0 atom stereocenters. The van der Waals surface area contributed by atoms with E-state index >= 15 is 0 Å². The number of rotatable bonds is 3. The lowest BCUT2D eigenvalue weighted by Crippen LogP contribution is -1.97. The Hall–Kier alpha value is -1.61. The zero-order chi connectivity index (χ0) is 13.2. The number of halogens is 1. The molecule has 1 aromatic heterocycles. The highest BCUT2D eigenvalue weighted by Crippen LogP contribution is 2.30. The Morgan fingerprint density at radius 3 is 2.63 bits per heavy atom. The number of anilines is 1. The van der Waals surface area contributed by atoms with Crippen LogP contribution in [0.1, 0.15) is 12.0 Å². The second kappa shape index (κ2) is 5.17. The summed E-state index contributed by atoms with van der Waals surface area (Å²) >= 11 is 3.51. The molecule has 0 unspecified atom stereocenters. The SMILES string of the molecule is Nc1cccc2nc3ccccc3c(CCCBr)c12. The molecule has 3 aromatic rings. The van der Waals surface area contributed by atoms with Crippen LogP contribution in [0.5, 0.6) is 0 Å². The van der Waals surface area contributed by atoms with E-state index in [-0.39, 0.29) is 0 Å². The molecule has 0 amide bonds. The average Bonchev–Trinajstić information content (AvgIpc) is 2.44. The molecule has 0 saturated heterocycles. The molecule has 2 nitrogen and oxygen atoms in total. The fraction of sp³-hybridized carbons (Fsp3) is 0.188. The van der Waals surface area contributed by atoms with E-state index in [2.05, 4.69) is 34.1 Å². The standard InChI is InChI=1S/C16H15BrN2/c17-10-4-6-12-11-5-1-2-8-14(11)19-15-9-3-7-13(18)16(12)15/h1-3,5,7-9H,4,6,10,18H2. The molecular formula is C16H15BrN2. The van der Waals surface area contributed by atoms with Gasteiger partial charge in [-0.25, -0.2) is 4.98 Å². The molecule has 0 aliphatic carbocycles. The van der Waals surface area contributed by atoms with Crippen LogP contribution in [0.15, 0.2) is 42.5 Å². The van der Waals surface area contributed by atoms with E-state index in [1.165, 1.54) is 10.9 Å². The topological polar surface area (TPSA) is 38.9 Å². The fourth-order valence-corrected chi connectivity index (χ4v) is 2.85. The Bertz CT molecular complexity index is 737. The van der Waals surface area contributed by atoms with Crippen molar-refractivity contribution in [1.29, 1.82) is 0 Å². The quantitative estimate of drug-likeness (QED) is 0.445. The van der Waals surface area contributed by atoms with Crippen LogP contribution in [-0.4, -0.2) is 10.3 Å². The van der Waals surface area contributed by atoms with E-state index in [1.54, 1.807) is 0 Å². The maximum Gasteiger partial charge on any atom is 0.0733 e. The van der Waals surface area contributed by atoms with Gasteiger partial charge in [-0.2, -0.15) is 0 Å². The number of hydrogen-bond acceptors (Lipinski definition) is 2. The number of nitrogen functional groups attached to an aromatic ring is 1. The third-order valence-corrected chi connectivity index (χ3v) is 3.97. The van der Waals surface area contributed by atoms with Crippen LogP contribution in [0.4, 0.5) is 5.69 Å². The van der Waals surface area contributed by atoms with E-state index in [0.717, 1.165) is 40.3 Å². The van der Waals surface area contributed by atoms with E-state index in [1.807, 2.05) is 24.3 Å². The minimum atomic E-state index is 0.820. The van der Waals surface area contributed by atoms with Gasteiger partial charge in [-0.1, -0.05) is 40.2 Å². The van der Waals surface area contributed by atoms with Crippen LogP contribution in [0.3, 0.4) is 0 Å². The smallest absolute Gasteiger partial charge is 0.0733 e. The highest BCUT2D eigenvalue weighted by Gasteiger charge is 2.10. The van der Waals surface area contributed by atoms with Gasteiger partial charge in [0.1, 0.15) is 0 Å². The second-order valence-corrected chi connectivity index (χ2v) is 5.43. The van der Waals surface area contributed by atoms with Gasteiger partial charge in [-0.05, 0) is 36.6 Å². The average molecular weight is 315 g/mol. The lowest BCUT2D eigenvalue weighted by molar-refractivity contribution is 0.955. The van der Waals surface area contributed by atoms with E-state index in [0.29, 0.717) is 0 Å². The Balaban J connectivity index is 2.40. The summed E-state index contributed by atoms with van der Waals surface area (Å²) in [6.07, 6.45) is 2.11. The van der Waals surface area contributed by atoms with Crippen molar-refractivity contribution in [2.24, 2.45) is 0 Å². The first-order chi connectivity index (χ1) is 9.31.